The van der Waals surface area contributed by atoms with Gasteiger partial charge in [0.25, 0.3) is 0 Å². The van der Waals surface area contributed by atoms with Gasteiger partial charge in [-0.3, -0.25) is 4.79 Å². The minimum Gasteiger partial charge on any atom is -0.299 e. The molecule has 0 heterocycles. The van der Waals surface area contributed by atoms with Gasteiger partial charge in [0.15, 0.2) is 0 Å². The molecule has 0 spiro atoms. The number of halogens is 3. The number of carbonyl (C=O) groups excluding carboxylic acids is 1. The lowest BCUT2D eigenvalue weighted by atomic mass is 9.84. The van der Waals surface area contributed by atoms with Crippen molar-refractivity contribution in [1.29, 1.82) is 0 Å². The molecule has 0 saturated carbocycles. The molecule has 0 aliphatic carbocycles. The van der Waals surface area contributed by atoms with E-state index in [1.807, 2.05) is 18.2 Å². The lowest BCUT2D eigenvalue weighted by molar-refractivity contribution is -0.137. The van der Waals surface area contributed by atoms with Crippen molar-refractivity contribution < 1.29 is 18.0 Å². The molecule has 0 aliphatic rings. The molecular formula is C29H31F3O. The molecule has 174 valence electrons. The quantitative estimate of drug-likeness (QED) is 0.350. The Morgan fingerprint density at radius 3 is 1.61 bits per heavy atom. The van der Waals surface area contributed by atoms with Crippen molar-refractivity contribution in [1.82, 2.24) is 0 Å². The number of benzene rings is 3. The second-order valence-corrected chi connectivity index (χ2v) is 9.49. The first kappa shape index (κ1) is 24.8. The van der Waals surface area contributed by atoms with Gasteiger partial charge >= 0.3 is 6.18 Å². The molecule has 3 rings (SSSR count). The lowest BCUT2D eigenvalue weighted by Gasteiger charge is -2.20. The number of alkyl halides is 3. The van der Waals surface area contributed by atoms with E-state index in [-0.39, 0.29) is 11.7 Å². The number of ketones is 1. The van der Waals surface area contributed by atoms with E-state index < -0.39 is 11.7 Å². The van der Waals surface area contributed by atoms with Crippen molar-refractivity contribution in [3.05, 3.63) is 83.4 Å². The average molecular weight is 453 g/mol. The summed E-state index contributed by atoms with van der Waals surface area (Å²) < 4.78 is 39.1. The van der Waals surface area contributed by atoms with Crippen LogP contribution in [0.2, 0.25) is 0 Å². The van der Waals surface area contributed by atoms with Crippen molar-refractivity contribution >= 4 is 5.78 Å². The topological polar surface area (TPSA) is 17.1 Å². The van der Waals surface area contributed by atoms with Crippen molar-refractivity contribution in [3.8, 4) is 22.3 Å². The third kappa shape index (κ3) is 6.13. The number of hydrogen-bond donors (Lipinski definition) is 0. The van der Waals surface area contributed by atoms with Gasteiger partial charge in [-0.1, -0.05) is 76.2 Å². The third-order valence-corrected chi connectivity index (χ3v) is 6.01. The summed E-state index contributed by atoms with van der Waals surface area (Å²) in [6.07, 6.45) is -3.65. The first-order valence-electron chi connectivity index (χ1n) is 11.4. The van der Waals surface area contributed by atoms with Crippen LogP contribution in [0.1, 0.15) is 69.6 Å². The molecule has 1 nitrogen and oxygen atoms in total. The Morgan fingerprint density at radius 2 is 1.21 bits per heavy atom. The Bertz CT molecular complexity index is 1090. The average Bonchev–Trinajstić information content (AvgIpc) is 2.76. The molecule has 3 aromatic rings. The van der Waals surface area contributed by atoms with Crippen LogP contribution in [-0.2, 0) is 11.0 Å². The van der Waals surface area contributed by atoms with Gasteiger partial charge in [0.2, 0.25) is 0 Å². The lowest BCUT2D eigenvalue weighted by Crippen LogP contribution is -2.12. The molecule has 0 aromatic heterocycles. The molecule has 0 bridgehead atoms. The summed E-state index contributed by atoms with van der Waals surface area (Å²) in [5.41, 5.74) is 4.93. The van der Waals surface area contributed by atoms with Crippen LogP contribution in [0.5, 0.6) is 0 Å². The van der Waals surface area contributed by atoms with Crippen LogP contribution in [0.15, 0.2) is 66.7 Å². The summed E-state index contributed by atoms with van der Waals surface area (Å²) in [7, 11) is 0. The van der Waals surface area contributed by atoms with Gasteiger partial charge in [0, 0.05) is 5.92 Å². The van der Waals surface area contributed by atoms with Crippen molar-refractivity contribution in [2.45, 2.75) is 59.1 Å². The first-order chi connectivity index (χ1) is 15.5. The predicted molar refractivity (Wildman–Crippen MR) is 129 cm³/mol. The summed E-state index contributed by atoms with van der Waals surface area (Å²) in [5.74, 6) is 0.589. The molecule has 3 aromatic carbocycles. The van der Waals surface area contributed by atoms with Crippen molar-refractivity contribution in [2.24, 2.45) is 5.92 Å². The zero-order chi connectivity index (χ0) is 24.3. The number of carbonyl (C=O) groups is 1. The van der Waals surface area contributed by atoms with E-state index in [1.54, 1.807) is 6.92 Å². The monoisotopic (exact) mass is 452 g/mol. The molecular weight excluding hydrogens is 421 g/mol. The summed E-state index contributed by atoms with van der Waals surface area (Å²) in [6.45, 7) is 10.1. The molecule has 0 N–H and O–H groups in total. The fraction of sp³-hybridized carbons (Fsp3) is 0.345. The van der Waals surface area contributed by atoms with Crippen LogP contribution in [0.25, 0.3) is 22.3 Å². The zero-order valence-corrected chi connectivity index (χ0v) is 19.8. The maximum atomic E-state index is 13.0. The Kier molecular flexibility index (Phi) is 7.46. The van der Waals surface area contributed by atoms with E-state index in [2.05, 4.69) is 52.0 Å². The van der Waals surface area contributed by atoms with Crippen molar-refractivity contribution in [2.75, 3.05) is 0 Å². The van der Waals surface area contributed by atoms with E-state index in [0.29, 0.717) is 17.4 Å². The van der Waals surface area contributed by atoms with Crippen LogP contribution in [-0.4, -0.2) is 5.78 Å². The minimum atomic E-state index is -4.37. The molecule has 0 amide bonds. The molecule has 33 heavy (non-hydrogen) atoms. The molecule has 0 saturated heterocycles. The fourth-order valence-electron chi connectivity index (χ4n) is 4.11. The van der Waals surface area contributed by atoms with Crippen LogP contribution in [0.4, 0.5) is 13.2 Å². The van der Waals surface area contributed by atoms with Crippen LogP contribution in [0.3, 0.4) is 0 Å². The predicted octanol–water partition coefficient (Wildman–Crippen LogP) is 8.88. The normalized spacial score (nSPS) is 12.9. The maximum absolute atomic E-state index is 13.0. The van der Waals surface area contributed by atoms with Crippen molar-refractivity contribution in [3.63, 3.8) is 0 Å². The van der Waals surface area contributed by atoms with E-state index in [1.165, 1.54) is 17.7 Å². The first-order valence-corrected chi connectivity index (χ1v) is 11.4. The highest BCUT2D eigenvalue weighted by Crippen LogP contribution is 2.36. The second kappa shape index (κ2) is 9.94. The van der Waals surface area contributed by atoms with Gasteiger partial charge in [-0.15, -0.1) is 0 Å². The van der Waals surface area contributed by atoms with Gasteiger partial charge in [0.1, 0.15) is 5.78 Å². The van der Waals surface area contributed by atoms with Gasteiger partial charge < -0.3 is 0 Å². The Balaban J connectivity index is 2.14. The molecule has 0 aliphatic heterocycles. The largest absolute Gasteiger partial charge is 0.416 e. The highest BCUT2D eigenvalue weighted by molar-refractivity contribution is 5.85. The zero-order valence-electron chi connectivity index (χ0n) is 19.8. The summed E-state index contributed by atoms with van der Waals surface area (Å²) in [5, 5.41) is 0. The summed E-state index contributed by atoms with van der Waals surface area (Å²) in [4.78, 5) is 12.5. The van der Waals surface area contributed by atoms with E-state index in [9.17, 15) is 18.0 Å². The molecule has 4 heteroatoms. The molecule has 0 fully saturated rings. The number of rotatable bonds is 7. The van der Waals surface area contributed by atoms with Crippen LogP contribution < -0.4 is 0 Å². The number of hydrogen-bond acceptors (Lipinski definition) is 1. The van der Waals surface area contributed by atoms with E-state index in [0.717, 1.165) is 40.8 Å². The van der Waals surface area contributed by atoms with Gasteiger partial charge in [0.05, 0.1) is 5.56 Å². The molecule has 0 radical (unpaired) electrons. The van der Waals surface area contributed by atoms with Gasteiger partial charge in [-0.25, -0.2) is 0 Å². The second-order valence-electron chi connectivity index (χ2n) is 9.49. The minimum absolute atomic E-state index is 0.0920. The molecule has 0 unspecified atom stereocenters. The number of Topliss-reactive ketones (excluding diaryl/α,β-unsaturated/α-hetero) is 1. The maximum Gasteiger partial charge on any atom is 0.416 e. The highest BCUT2D eigenvalue weighted by atomic mass is 19.4. The highest BCUT2D eigenvalue weighted by Gasteiger charge is 2.30. The SMILES string of the molecule is CC(=O)[C@H](CC(C)C)c1cc(-c2ccc(C(C)C)cc2)cc(-c2ccc(C(F)(F)F)cc2)c1. The van der Waals surface area contributed by atoms with Crippen LogP contribution >= 0.6 is 0 Å². The summed E-state index contributed by atoms with van der Waals surface area (Å²) in [6, 6.07) is 19.5. The standard InChI is InChI=1S/C29H31F3O/c1-18(2)14-28(20(5)33)26-16-24(22-8-6-21(7-9-22)19(3)4)15-25(17-26)23-10-12-27(13-11-23)29(30,31)32/h6-13,15-19,28H,14H2,1-5H3/t28-/m0/s1. The van der Waals surface area contributed by atoms with Gasteiger partial charge in [-0.2, -0.15) is 13.2 Å². The van der Waals surface area contributed by atoms with Crippen LogP contribution in [0, 0.1) is 5.92 Å². The summed E-state index contributed by atoms with van der Waals surface area (Å²) >= 11 is 0. The third-order valence-electron chi connectivity index (χ3n) is 6.01. The van der Waals surface area contributed by atoms with E-state index in [4.69, 9.17) is 0 Å². The van der Waals surface area contributed by atoms with E-state index >= 15 is 0 Å². The fourth-order valence-corrected chi connectivity index (χ4v) is 4.11. The van der Waals surface area contributed by atoms with Gasteiger partial charge in [-0.05, 0) is 76.8 Å². The smallest absolute Gasteiger partial charge is 0.299 e. The Labute approximate surface area is 194 Å². The Hall–Kier alpha value is -2.88. The molecule has 1 atom stereocenters. The Morgan fingerprint density at radius 1 is 0.727 bits per heavy atom.